The first-order valence-corrected chi connectivity index (χ1v) is 6.17. The van der Waals surface area contributed by atoms with Crippen LogP contribution in [0.4, 0.5) is 4.39 Å². The Morgan fingerprint density at radius 2 is 2.22 bits per heavy atom. The van der Waals surface area contributed by atoms with Crippen molar-refractivity contribution in [3.05, 3.63) is 28.0 Å². The van der Waals surface area contributed by atoms with Gasteiger partial charge in [0, 0.05) is 18.1 Å². The summed E-state index contributed by atoms with van der Waals surface area (Å²) in [5.74, 6) is -1.14. The molecule has 1 atom stereocenters. The zero-order chi connectivity index (χ0) is 13.7. The number of carboxylic acid groups (broad SMARTS) is 1. The highest BCUT2D eigenvalue weighted by molar-refractivity contribution is 9.10. The third kappa shape index (κ3) is 3.96. The second-order valence-corrected chi connectivity index (χ2v) is 4.66. The van der Waals surface area contributed by atoms with E-state index in [0.717, 1.165) is 0 Å². The molecule has 18 heavy (non-hydrogen) atoms. The molecule has 0 unspecified atom stereocenters. The van der Waals surface area contributed by atoms with Gasteiger partial charge in [-0.05, 0) is 34.8 Å². The molecule has 0 heterocycles. The summed E-state index contributed by atoms with van der Waals surface area (Å²) in [6.45, 7) is 0. The fraction of sp³-hybridized carbons (Fsp3) is 0.417. The van der Waals surface area contributed by atoms with Crippen LogP contribution in [-0.2, 0) is 4.79 Å². The number of benzene rings is 1. The molecule has 0 bridgehead atoms. The molecule has 4 nitrogen and oxygen atoms in total. The van der Waals surface area contributed by atoms with Crippen molar-refractivity contribution in [2.24, 2.45) is 0 Å². The molecule has 0 amide bonds. The Balaban J connectivity index is 2.80. The van der Waals surface area contributed by atoms with Crippen molar-refractivity contribution in [1.82, 2.24) is 0 Å². The van der Waals surface area contributed by atoms with Crippen LogP contribution in [0.5, 0.6) is 5.75 Å². The van der Waals surface area contributed by atoms with Crippen LogP contribution in [0, 0.1) is 5.82 Å². The summed E-state index contributed by atoms with van der Waals surface area (Å²) in [5, 5.41) is 18.5. The number of carbonyl (C=O) groups is 1. The van der Waals surface area contributed by atoms with Crippen molar-refractivity contribution < 1.29 is 24.1 Å². The maximum atomic E-state index is 13.3. The Labute approximate surface area is 113 Å². The van der Waals surface area contributed by atoms with E-state index in [0.29, 0.717) is 12.0 Å². The summed E-state index contributed by atoms with van der Waals surface area (Å²) in [5.41, 5.74) is 0.441. The second-order valence-electron chi connectivity index (χ2n) is 3.81. The largest absolute Gasteiger partial charge is 0.496 e. The van der Waals surface area contributed by atoms with Gasteiger partial charge in [-0.25, -0.2) is 4.39 Å². The number of hydrogen-bond donors (Lipinski definition) is 2. The molecular formula is C12H14BrFO4. The summed E-state index contributed by atoms with van der Waals surface area (Å²) in [6, 6.07) is 2.62. The van der Waals surface area contributed by atoms with E-state index < -0.39 is 17.9 Å². The number of hydrogen-bond acceptors (Lipinski definition) is 3. The van der Waals surface area contributed by atoms with E-state index in [1.54, 1.807) is 0 Å². The quantitative estimate of drug-likeness (QED) is 0.845. The lowest BCUT2D eigenvalue weighted by Gasteiger charge is -2.15. The predicted molar refractivity (Wildman–Crippen MR) is 67.1 cm³/mol. The molecule has 0 aliphatic carbocycles. The van der Waals surface area contributed by atoms with Crippen LogP contribution in [0.3, 0.4) is 0 Å². The Bertz CT molecular complexity index is 436. The summed E-state index contributed by atoms with van der Waals surface area (Å²) < 4.78 is 18.5. The number of aliphatic hydroxyl groups excluding tert-OH is 1. The van der Waals surface area contributed by atoms with Crippen LogP contribution in [-0.4, -0.2) is 23.3 Å². The van der Waals surface area contributed by atoms with E-state index in [4.69, 9.17) is 9.84 Å². The molecule has 0 aliphatic rings. The van der Waals surface area contributed by atoms with Gasteiger partial charge in [0.1, 0.15) is 11.6 Å². The minimum Gasteiger partial charge on any atom is -0.496 e. The Morgan fingerprint density at radius 3 is 2.78 bits per heavy atom. The number of aliphatic hydroxyl groups is 1. The van der Waals surface area contributed by atoms with Gasteiger partial charge in [0.2, 0.25) is 0 Å². The predicted octanol–water partition coefficient (Wildman–Crippen LogP) is 2.89. The van der Waals surface area contributed by atoms with Crippen LogP contribution in [0.25, 0.3) is 0 Å². The average molecular weight is 321 g/mol. The Kier molecular flexibility index (Phi) is 5.55. The molecule has 1 aromatic rings. The number of methoxy groups -OCH3 is 1. The van der Waals surface area contributed by atoms with Crippen LogP contribution >= 0.6 is 15.9 Å². The standard InChI is InChI=1S/C12H14BrFO4/c1-18-11-6-9(14)8(13)5-7(11)10(15)3-2-4-12(16)17/h5-6,10,15H,2-4H2,1H3,(H,16,17)/t10-/m1/s1. The SMILES string of the molecule is COc1cc(F)c(Br)cc1[C@H](O)CCCC(=O)O. The van der Waals surface area contributed by atoms with Crippen molar-refractivity contribution in [2.45, 2.75) is 25.4 Å². The highest BCUT2D eigenvalue weighted by atomic mass is 79.9. The molecule has 0 saturated heterocycles. The van der Waals surface area contributed by atoms with Gasteiger partial charge in [-0.15, -0.1) is 0 Å². The summed E-state index contributed by atoms with van der Waals surface area (Å²) >= 11 is 3.03. The first-order valence-electron chi connectivity index (χ1n) is 5.38. The summed E-state index contributed by atoms with van der Waals surface area (Å²) in [7, 11) is 1.39. The van der Waals surface area contributed by atoms with Crippen LogP contribution < -0.4 is 4.74 Å². The van der Waals surface area contributed by atoms with Crippen LogP contribution in [0.2, 0.25) is 0 Å². The molecule has 0 fully saturated rings. The van der Waals surface area contributed by atoms with Gasteiger partial charge < -0.3 is 14.9 Å². The summed E-state index contributed by atoms with van der Waals surface area (Å²) in [6.07, 6.45) is -0.270. The number of rotatable bonds is 6. The van der Waals surface area contributed by atoms with Gasteiger partial charge >= 0.3 is 5.97 Å². The first kappa shape index (κ1) is 14.9. The van der Waals surface area contributed by atoms with Gasteiger partial charge in [-0.2, -0.15) is 0 Å². The second kappa shape index (κ2) is 6.70. The van der Waals surface area contributed by atoms with E-state index in [-0.39, 0.29) is 23.1 Å². The minimum atomic E-state index is -0.908. The lowest BCUT2D eigenvalue weighted by molar-refractivity contribution is -0.137. The van der Waals surface area contributed by atoms with Gasteiger partial charge in [-0.3, -0.25) is 4.79 Å². The molecule has 0 saturated carbocycles. The highest BCUT2D eigenvalue weighted by Crippen LogP contribution is 2.32. The van der Waals surface area contributed by atoms with Gasteiger partial charge in [-0.1, -0.05) is 0 Å². The van der Waals surface area contributed by atoms with E-state index >= 15 is 0 Å². The topological polar surface area (TPSA) is 66.8 Å². The number of ether oxygens (including phenoxy) is 1. The zero-order valence-corrected chi connectivity index (χ0v) is 11.4. The zero-order valence-electron chi connectivity index (χ0n) is 9.82. The van der Waals surface area contributed by atoms with Gasteiger partial charge in [0.15, 0.2) is 0 Å². The normalized spacial score (nSPS) is 12.2. The maximum absolute atomic E-state index is 13.3. The van der Waals surface area contributed by atoms with Crippen molar-refractivity contribution in [3.8, 4) is 5.75 Å². The molecule has 0 spiro atoms. The van der Waals surface area contributed by atoms with Gasteiger partial charge in [0.25, 0.3) is 0 Å². The van der Waals surface area contributed by atoms with Crippen molar-refractivity contribution in [2.75, 3.05) is 7.11 Å². The highest BCUT2D eigenvalue weighted by Gasteiger charge is 2.16. The number of halogens is 2. The molecule has 2 N–H and O–H groups in total. The van der Waals surface area contributed by atoms with Gasteiger partial charge in [0.05, 0.1) is 17.7 Å². The monoisotopic (exact) mass is 320 g/mol. The van der Waals surface area contributed by atoms with Crippen LogP contribution in [0.1, 0.15) is 30.9 Å². The fourth-order valence-electron chi connectivity index (χ4n) is 1.58. The van der Waals surface area contributed by atoms with Crippen molar-refractivity contribution in [1.29, 1.82) is 0 Å². The first-order chi connectivity index (χ1) is 8.45. The van der Waals surface area contributed by atoms with E-state index in [9.17, 15) is 14.3 Å². The van der Waals surface area contributed by atoms with E-state index in [1.807, 2.05) is 0 Å². The molecule has 6 heteroatoms. The Morgan fingerprint density at radius 1 is 1.56 bits per heavy atom. The average Bonchev–Trinajstić information content (AvgIpc) is 2.31. The van der Waals surface area contributed by atoms with Crippen LogP contribution in [0.15, 0.2) is 16.6 Å². The molecule has 100 valence electrons. The molecular weight excluding hydrogens is 307 g/mol. The third-order valence-electron chi connectivity index (χ3n) is 2.50. The lowest BCUT2D eigenvalue weighted by atomic mass is 10.0. The molecule has 1 rings (SSSR count). The Hall–Kier alpha value is -1.14. The molecule has 0 aromatic heterocycles. The number of carboxylic acids is 1. The van der Waals surface area contributed by atoms with E-state index in [2.05, 4.69) is 15.9 Å². The lowest BCUT2D eigenvalue weighted by Crippen LogP contribution is -2.03. The molecule has 1 aromatic carbocycles. The minimum absolute atomic E-state index is 0.0122. The number of aliphatic carboxylic acids is 1. The van der Waals surface area contributed by atoms with Crippen molar-refractivity contribution in [3.63, 3.8) is 0 Å². The van der Waals surface area contributed by atoms with E-state index in [1.165, 1.54) is 19.2 Å². The smallest absolute Gasteiger partial charge is 0.303 e. The third-order valence-corrected chi connectivity index (χ3v) is 3.11. The fourth-order valence-corrected chi connectivity index (χ4v) is 1.94. The summed E-state index contributed by atoms with van der Waals surface area (Å²) in [4.78, 5) is 10.4. The maximum Gasteiger partial charge on any atom is 0.303 e. The van der Waals surface area contributed by atoms with Crippen molar-refractivity contribution >= 4 is 21.9 Å². The molecule has 0 radical (unpaired) electrons. The molecule has 0 aliphatic heterocycles.